The Balaban J connectivity index is 1.57. The number of carbonyl (C=O) groups is 2. The van der Waals surface area contributed by atoms with Crippen molar-refractivity contribution in [3.05, 3.63) is 83.7 Å². The molecule has 0 saturated carbocycles. The molecule has 0 saturated heterocycles. The summed E-state index contributed by atoms with van der Waals surface area (Å²) in [5, 5.41) is 7.43. The fraction of sp³-hybridized carbons (Fsp3) is 0.0870. The highest BCUT2D eigenvalue weighted by Gasteiger charge is 2.15. The molecule has 0 aliphatic heterocycles. The van der Waals surface area contributed by atoms with E-state index in [-0.39, 0.29) is 11.7 Å². The second-order valence-electron chi connectivity index (χ2n) is 6.50. The Morgan fingerprint density at radius 1 is 1.00 bits per heavy atom. The standard InChI is InChI=1S/C23H17FN2O4/c1-2-29-23(28)15-5-10-18(11-6-15)25-22(27)16-7-12-20-19(13-16)21(30-26-20)14-3-8-17(24)9-4-14/h3-13H,2H2,1H3,(H,25,27). The molecule has 1 heterocycles. The Hall–Kier alpha value is -4.00. The number of aromatic nitrogens is 1. The molecular formula is C23H17FN2O4. The van der Waals surface area contributed by atoms with Crippen LogP contribution in [0.1, 0.15) is 27.6 Å². The van der Waals surface area contributed by atoms with E-state index in [1.165, 1.54) is 12.1 Å². The van der Waals surface area contributed by atoms with Crippen molar-refractivity contribution < 1.29 is 23.2 Å². The zero-order valence-corrected chi connectivity index (χ0v) is 16.0. The van der Waals surface area contributed by atoms with Crippen LogP contribution in [0.3, 0.4) is 0 Å². The minimum absolute atomic E-state index is 0.294. The van der Waals surface area contributed by atoms with E-state index < -0.39 is 5.97 Å². The first-order chi connectivity index (χ1) is 14.5. The van der Waals surface area contributed by atoms with Gasteiger partial charge in [0.15, 0.2) is 5.76 Å². The molecule has 30 heavy (non-hydrogen) atoms. The zero-order chi connectivity index (χ0) is 21.1. The Labute approximate surface area is 171 Å². The Morgan fingerprint density at radius 3 is 2.40 bits per heavy atom. The molecule has 1 aromatic heterocycles. The molecule has 0 radical (unpaired) electrons. The second-order valence-corrected chi connectivity index (χ2v) is 6.50. The van der Waals surface area contributed by atoms with Crippen molar-refractivity contribution in [2.45, 2.75) is 6.92 Å². The zero-order valence-electron chi connectivity index (χ0n) is 16.0. The van der Waals surface area contributed by atoms with Gasteiger partial charge in [0.25, 0.3) is 5.91 Å². The first-order valence-corrected chi connectivity index (χ1v) is 9.29. The molecule has 0 aliphatic carbocycles. The lowest BCUT2D eigenvalue weighted by Gasteiger charge is -2.07. The molecule has 6 nitrogen and oxygen atoms in total. The molecule has 7 heteroatoms. The van der Waals surface area contributed by atoms with Crippen LogP contribution in [0, 0.1) is 5.82 Å². The summed E-state index contributed by atoms with van der Waals surface area (Å²) in [6.45, 7) is 2.03. The van der Waals surface area contributed by atoms with Gasteiger partial charge in [0.05, 0.1) is 17.6 Å². The third kappa shape index (κ3) is 3.91. The van der Waals surface area contributed by atoms with Crippen molar-refractivity contribution in [3.63, 3.8) is 0 Å². The maximum absolute atomic E-state index is 13.2. The summed E-state index contributed by atoms with van der Waals surface area (Å²) < 4.78 is 23.5. The van der Waals surface area contributed by atoms with Gasteiger partial charge in [-0.3, -0.25) is 4.79 Å². The number of halogens is 1. The Kier molecular flexibility index (Phi) is 5.26. The number of benzene rings is 3. The van der Waals surface area contributed by atoms with E-state index in [1.54, 1.807) is 61.5 Å². The number of esters is 1. The van der Waals surface area contributed by atoms with Crippen molar-refractivity contribution in [1.82, 2.24) is 5.16 Å². The average Bonchev–Trinajstić information content (AvgIpc) is 3.18. The van der Waals surface area contributed by atoms with Crippen molar-refractivity contribution >= 4 is 28.5 Å². The average molecular weight is 404 g/mol. The molecule has 0 fully saturated rings. The largest absolute Gasteiger partial charge is 0.462 e. The van der Waals surface area contributed by atoms with Gasteiger partial charge in [-0.1, -0.05) is 5.16 Å². The van der Waals surface area contributed by atoms with Crippen LogP contribution >= 0.6 is 0 Å². The topological polar surface area (TPSA) is 81.4 Å². The SMILES string of the molecule is CCOC(=O)c1ccc(NC(=O)c2ccc3noc(-c4ccc(F)cc4)c3c2)cc1. The summed E-state index contributed by atoms with van der Waals surface area (Å²) in [6.07, 6.45) is 0. The number of carbonyl (C=O) groups excluding carboxylic acids is 2. The predicted molar refractivity (Wildman–Crippen MR) is 110 cm³/mol. The summed E-state index contributed by atoms with van der Waals surface area (Å²) in [5.74, 6) is -0.635. The van der Waals surface area contributed by atoms with Crippen LogP contribution in [0.4, 0.5) is 10.1 Å². The molecule has 1 N–H and O–H groups in total. The number of fused-ring (bicyclic) bond motifs is 1. The van der Waals surface area contributed by atoms with Crippen LogP contribution in [-0.2, 0) is 4.74 Å². The van der Waals surface area contributed by atoms with E-state index in [4.69, 9.17) is 9.26 Å². The first kappa shape index (κ1) is 19.3. The summed E-state index contributed by atoms with van der Waals surface area (Å²) in [5.41, 5.74) is 2.60. The summed E-state index contributed by atoms with van der Waals surface area (Å²) in [6, 6.07) is 17.3. The monoisotopic (exact) mass is 404 g/mol. The molecular weight excluding hydrogens is 387 g/mol. The fourth-order valence-electron chi connectivity index (χ4n) is 3.00. The summed E-state index contributed by atoms with van der Waals surface area (Å²) >= 11 is 0. The molecule has 0 atom stereocenters. The molecule has 150 valence electrons. The number of hydrogen-bond acceptors (Lipinski definition) is 5. The van der Waals surface area contributed by atoms with Gasteiger partial charge in [-0.15, -0.1) is 0 Å². The van der Waals surface area contributed by atoms with Gasteiger partial charge in [0.1, 0.15) is 11.3 Å². The Bertz CT molecular complexity index is 1210. The van der Waals surface area contributed by atoms with Gasteiger partial charge in [-0.05, 0) is 73.7 Å². The molecule has 3 aromatic carbocycles. The number of anilines is 1. The van der Waals surface area contributed by atoms with E-state index >= 15 is 0 Å². The second kappa shape index (κ2) is 8.16. The van der Waals surface area contributed by atoms with Gasteiger partial charge in [-0.25, -0.2) is 9.18 Å². The summed E-state index contributed by atoms with van der Waals surface area (Å²) in [4.78, 5) is 24.4. The molecule has 0 unspecified atom stereocenters. The number of amides is 1. The van der Waals surface area contributed by atoms with Gasteiger partial charge < -0.3 is 14.6 Å². The minimum Gasteiger partial charge on any atom is -0.462 e. The third-order valence-electron chi connectivity index (χ3n) is 4.50. The molecule has 0 bridgehead atoms. The van der Waals surface area contributed by atoms with Crippen LogP contribution in [0.2, 0.25) is 0 Å². The number of ether oxygens (including phenoxy) is 1. The quantitative estimate of drug-likeness (QED) is 0.470. The van der Waals surface area contributed by atoms with Crippen LogP contribution in [-0.4, -0.2) is 23.6 Å². The lowest BCUT2D eigenvalue weighted by atomic mass is 10.1. The lowest BCUT2D eigenvalue weighted by molar-refractivity contribution is 0.0526. The van der Waals surface area contributed by atoms with Gasteiger partial charge in [-0.2, -0.15) is 0 Å². The maximum atomic E-state index is 13.2. The van der Waals surface area contributed by atoms with Crippen molar-refractivity contribution in [2.24, 2.45) is 0 Å². The minimum atomic E-state index is -0.415. The van der Waals surface area contributed by atoms with Gasteiger partial charge in [0.2, 0.25) is 0 Å². The Morgan fingerprint density at radius 2 is 1.70 bits per heavy atom. The fourth-order valence-corrected chi connectivity index (χ4v) is 3.00. The highest BCUT2D eigenvalue weighted by Crippen LogP contribution is 2.29. The number of rotatable bonds is 5. The first-order valence-electron chi connectivity index (χ1n) is 9.29. The van der Waals surface area contributed by atoms with E-state index in [9.17, 15) is 14.0 Å². The lowest BCUT2D eigenvalue weighted by Crippen LogP contribution is -2.12. The van der Waals surface area contributed by atoms with Gasteiger partial charge in [0, 0.05) is 16.8 Å². The summed E-state index contributed by atoms with van der Waals surface area (Å²) in [7, 11) is 0. The number of nitrogens with zero attached hydrogens (tertiary/aromatic N) is 1. The predicted octanol–water partition coefficient (Wildman–Crippen LogP) is 5.06. The van der Waals surface area contributed by atoms with Crippen LogP contribution in [0.25, 0.3) is 22.2 Å². The smallest absolute Gasteiger partial charge is 0.338 e. The highest BCUT2D eigenvalue weighted by atomic mass is 19.1. The van der Waals surface area contributed by atoms with Crippen LogP contribution in [0.5, 0.6) is 0 Å². The maximum Gasteiger partial charge on any atom is 0.338 e. The molecule has 0 aliphatic rings. The van der Waals surface area contributed by atoms with E-state index in [0.717, 1.165) is 0 Å². The van der Waals surface area contributed by atoms with Crippen molar-refractivity contribution in [3.8, 4) is 11.3 Å². The van der Waals surface area contributed by atoms with Crippen molar-refractivity contribution in [2.75, 3.05) is 11.9 Å². The van der Waals surface area contributed by atoms with Crippen LogP contribution in [0.15, 0.2) is 71.3 Å². The van der Waals surface area contributed by atoms with Crippen molar-refractivity contribution in [1.29, 1.82) is 0 Å². The number of nitrogens with one attached hydrogen (secondary N) is 1. The molecule has 4 aromatic rings. The molecule has 1 amide bonds. The highest BCUT2D eigenvalue weighted by molar-refractivity contribution is 6.07. The third-order valence-corrected chi connectivity index (χ3v) is 4.50. The van der Waals surface area contributed by atoms with E-state index in [1.807, 2.05) is 0 Å². The molecule has 0 spiro atoms. The number of hydrogen-bond donors (Lipinski definition) is 1. The van der Waals surface area contributed by atoms with Gasteiger partial charge >= 0.3 is 5.97 Å². The van der Waals surface area contributed by atoms with E-state index in [0.29, 0.717) is 45.6 Å². The van der Waals surface area contributed by atoms with E-state index in [2.05, 4.69) is 10.5 Å². The normalized spacial score (nSPS) is 10.7. The van der Waals surface area contributed by atoms with Crippen LogP contribution < -0.4 is 5.32 Å². The molecule has 4 rings (SSSR count).